The average molecular weight is 235 g/mol. The molecule has 3 nitrogen and oxygen atoms in total. The molecule has 1 aromatic rings. The highest BCUT2D eigenvalue weighted by atomic mass is 32.2. The van der Waals surface area contributed by atoms with Gasteiger partial charge in [-0.2, -0.15) is 5.26 Å². The molecule has 0 bridgehead atoms. The number of nitriles is 1. The van der Waals surface area contributed by atoms with Crippen molar-refractivity contribution in [2.75, 3.05) is 12.4 Å². The topological polar surface area (TPSA) is 50.1 Å². The molecule has 0 spiro atoms. The number of esters is 1. The Labute approximate surface area is 99.4 Å². The molecule has 1 rings (SSSR count). The van der Waals surface area contributed by atoms with Gasteiger partial charge in [0.2, 0.25) is 0 Å². The van der Waals surface area contributed by atoms with Gasteiger partial charge in [0.1, 0.15) is 0 Å². The average Bonchev–Trinajstić information content (AvgIpc) is 2.30. The number of carbonyl (C=O) groups is 1. The first kappa shape index (κ1) is 12.6. The molecule has 0 amide bonds. The molecule has 0 saturated carbocycles. The second-order valence-electron chi connectivity index (χ2n) is 3.11. The number of hydrogen-bond donors (Lipinski definition) is 0. The molecule has 0 atom stereocenters. The highest BCUT2D eigenvalue weighted by Gasteiger charge is 2.02. The lowest BCUT2D eigenvalue weighted by Gasteiger charge is -2.02. The molecule has 0 aliphatic rings. The van der Waals surface area contributed by atoms with Gasteiger partial charge < -0.3 is 4.74 Å². The molecular formula is C12H13NO2S. The zero-order chi connectivity index (χ0) is 11.8. The summed E-state index contributed by atoms with van der Waals surface area (Å²) in [6.45, 7) is 2.21. The minimum absolute atomic E-state index is 0.191. The summed E-state index contributed by atoms with van der Waals surface area (Å²) < 4.78 is 4.81. The normalized spacial score (nSPS) is 9.50. The predicted octanol–water partition coefficient (Wildman–Crippen LogP) is 2.35. The van der Waals surface area contributed by atoms with Gasteiger partial charge in [0.05, 0.1) is 24.0 Å². The van der Waals surface area contributed by atoms with E-state index in [1.54, 1.807) is 13.0 Å². The van der Waals surface area contributed by atoms with Crippen LogP contribution in [0.4, 0.5) is 0 Å². The highest BCUT2D eigenvalue weighted by Crippen LogP contribution is 2.13. The van der Waals surface area contributed by atoms with E-state index in [0.717, 1.165) is 5.56 Å². The third-order valence-electron chi connectivity index (χ3n) is 1.85. The summed E-state index contributed by atoms with van der Waals surface area (Å²) in [5.41, 5.74) is 1.70. The summed E-state index contributed by atoms with van der Waals surface area (Å²) in [6, 6.07) is 9.47. The van der Waals surface area contributed by atoms with Crippen LogP contribution in [0.25, 0.3) is 0 Å². The lowest BCUT2D eigenvalue weighted by molar-refractivity contribution is -0.139. The van der Waals surface area contributed by atoms with Crippen molar-refractivity contribution in [2.24, 2.45) is 0 Å². The minimum Gasteiger partial charge on any atom is -0.465 e. The van der Waals surface area contributed by atoms with Crippen LogP contribution in [-0.4, -0.2) is 18.3 Å². The predicted molar refractivity (Wildman–Crippen MR) is 64.0 cm³/mol. The summed E-state index contributed by atoms with van der Waals surface area (Å²) >= 11 is 1.49. The van der Waals surface area contributed by atoms with E-state index in [9.17, 15) is 4.79 Å². The van der Waals surface area contributed by atoms with Crippen LogP contribution in [-0.2, 0) is 15.3 Å². The number of carbonyl (C=O) groups excluding carboxylic acids is 1. The summed E-state index contributed by atoms with van der Waals surface area (Å²) in [5, 5.41) is 8.71. The Morgan fingerprint density at radius 3 is 3.06 bits per heavy atom. The van der Waals surface area contributed by atoms with Crippen molar-refractivity contribution in [3.63, 3.8) is 0 Å². The van der Waals surface area contributed by atoms with E-state index < -0.39 is 0 Å². The minimum atomic E-state index is -0.191. The largest absolute Gasteiger partial charge is 0.465 e. The van der Waals surface area contributed by atoms with Gasteiger partial charge in [-0.1, -0.05) is 12.1 Å². The van der Waals surface area contributed by atoms with Gasteiger partial charge in [0.25, 0.3) is 0 Å². The third kappa shape index (κ3) is 4.37. The Kier molecular flexibility index (Phi) is 5.44. The van der Waals surface area contributed by atoms with Gasteiger partial charge >= 0.3 is 5.97 Å². The van der Waals surface area contributed by atoms with Gasteiger partial charge in [-0.05, 0) is 24.6 Å². The van der Waals surface area contributed by atoms with Crippen molar-refractivity contribution in [3.05, 3.63) is 35.4 Å². The fourth-order valence-electron chi connectivity index (χ4n) is 1.19. The number of rotatable bonds is 5. The van der Waals surface area contributed by atoms with Crippen LogP contribution in [0.15, 0.2) is 24.3 Å². The van der Waals surface area contributed by atoms with Crippen molar-refractivity contribution < 1.29 is 9.53 Å². The van der Waals surface area contributed by atoms with E-state index in [1.165, 1.54) is 11.8 Å². The molecule has 16 heavy (non-hydrogen) atoms. The SMILES string of the molecule is CCOC(=O)CSCc1cccc(C#N)c1. The van der Waals surface area contributed by atoms with Crippen LogP contribution < -0.4 is 0 Å². The highest BCUT2D eigenvalue weighted by molar-refractivity contribution is 7.99. The Morgan fingerprint density at radius 2 is 2.38 bits per heavy atom. The van der Waals surface area contributed by atoms with E-state index in [2.05, 4.69) is 6.07 Å². The lowest BCUT2D eigenvalue weighted by atomic mass is 10.2. The molecule has 0 fully saturated rings. The molecule has 0 aliphatic carbocycles. The maximum absolute atomic E-state index is 11.1. The smallest absolute Gasteiger partial charge is 0.315 e. The van der Waals surface area contributed by atoms with Crippen LogP contribution in [0, 0.1) is 11.3 Å². The van der Waals surface area contributed by atoms with Crippen LogP contribution in [0.5, 0.6) is 0 Å². The third-order valence-corrected chi connectivity index (χ3v) is 2.83. The zero-order valence-corrected chi connectivity index (χ0v) is 9.92. The molecule has 0 saturated heterocycles. The number of hydrogen-bond acceptors (Lipinski definition) is 4. The monoisotopic (exact) mass is 235 g/mol. The molecule has 84 valence electrons. The van der Waals surface area contributed by atoms with Crippen molar-refractivity contribution in [2.45, 2.75) is 12.7 Å². The number of nitrogens with zero attached hydrogens (tertiary/aromatic N) is 1. The number of thioether (sulfide) groups is 1. The summed E-state index contributed by atoms with van der Waals surface area (Å²) in [7, 11) is 0. The second-order valence-corrected chi connectivity index (χ2v) is 4.10. The van der Waals surface area contributed by atoms with Crippen molar-refractivity contribution in [1.29, 1.82) is 5.26 Å². The molecule has 0 radical (unpaired) electrons. The number of benzene rings is 1. The van der Waals surface area contributed by atoms with E-state index in [1.807, 2.05) is 18.2 Å². The molecule has 0 heterocycles. The molecular weight excluding hydrogens is 222 g/mol. The molecule has 4 heteroatoms. The van der Waals surface area contributed by atoms with E-state index in [-0.39, 0.29) is 5.97 Å². The van der Waals surface area contributed by atoms with Gasteiger partial charge in [0.15, 0.2) is 0 Å². The Hall–Kier alpha value is -1.47. The van der Waals surface area contributed by atoms with Crippen molar-refractivity contribution in [3.8, 4) is 6.07 Å². The first-order valence-electron chi connectivity index (χ1n) is 4.98. The van der Waals surface area contributed by atoms with Crippen LogP contribution in [0.1, 0.15) is 18.1 Å². The molecule has 0 N–H and O–H groups in total. The number of ether oxygens (including phenoxy) is 1. The molecule has 0 unspecified atom stereocenters. The Bertz CT molecular complexity index is 398. The van der Waals surface area contributed by atoms with Crippen molar-refractivity contribution in [1.82, 2.24) is 0 Å². The quantitative estimate of drug-likeness (QED) is 0.735. The zero-order valence-electron chi connectivity index (χ0n) is 9.10. The van der Waals surface area contributed by atoms with Gasteiger partial charge in [-0.3, -0.25) is 4.79 Å². The van der Waals surface area contributed by atoms with Crippen molar-refractivity contribution >= 4 is 17.7 Å². The van der Waals surface area contributed by atoms with E-state index in [0.29, 0.717) is 23.7 Å². The fraction of sp³-hybridized carbons (Fsp3) is 0.333. The van der Waals surface area contributed by atoms with Crippen LogP contribution in [0.3, 0.4) is 0 Å². The fourth-order valence-corrected chi connectivity index (χ4v) is 1.95. The standard InChI is InChI=1S/C12H13NO2S/c1-2-15-12(14)9-16-8-11-5-3-4-10(6-11)7-13/h3-6H,2,8-9H2,1H3. The molecule has 1 aromatic carbocycles. The van der Waals surface area contributed by atoms with E-state index >= 15 is 0 Å². The Morgan fingerprint density at radius 1 is 1.56 bits per heavy atom. The maximum Gasteiger partial charge on any atom is 0.315 e. The summed E-state index contributed by atoms with van der Waals surface area (Å²) in [6.07, 6.45) is 0. The van der Waals surface area contributed by atoms with Gasteiger partial charge in [-0.25, -0.2) is 0 Å². The van der Waals surface area contributed by atoms with Gasteiger partial charge in [-0.15, -0.1) is 11.8 Å². The van der Waals surface area contributed by atoms with Crippen LogP contribution >= 0.6 is 11.8 Å². The van der Waals surface area contributed by atoms with E-state index in [4.69, 9.17) is 10.00 Å². The van der Waals surface area contributed by atoms with Gasteiger partial charge in [0, 0.05) is 5.75 Å². The first-order chi connectivity index (χ1) is 7.76. The van der Waals surface area contributed by atoms with Crippen LogP contribution in [0.2, 0.25) is 0 Å². The molecule has 0 aliphatic heterocycles. The maximum atomic E-state index is 11.1. The summed E-state index contributed by atoms with van der Waals surface area (Å²) in [4.78, 5) is 11.1. The lowest BCUT2D eigenvalue weighted by Crippen LogP contribution is -2.06. The summed E-state index contributed by atoms with van der Waals surface area (Å²) in [5.74, 6) is 0.878. The second kappa shape index (κ2) is 6.91. The Balaban J connectivity index is 2.37. The first-order valence-corrected chi connectivity index (χ1v) is 6.14. The molecule has 0 aromatic heterocycles.